The van der Waals surface area contributed by atoms with Crippen molar-refractivity contribution < 1.29 is 4.74 Å². The Labute approximate surface area is 151 Å². The minimum Gasteiger partial charge on any atom is -0.497 e. The highest BCUT2D eigenvalue weighted by molar-refractivity contribution is 5.67. The summed E-state index contributed by atoms with van der Waals surface area (Å²) in [6, 6.07) is 19.7. The van der Waals surface area contributed by atoms with Crippen molar-refractivity contribution in [3.05, 3.63) is 71.8 Å². The minimum atomic E-state index is 0.494. The van der Waals surface area contributed by atoms with Crippen molar-refractivity contribution in [2.24, 2.45) is 0 Å². The van der Waals surface area contributed by atoms with Crippen molar-refractivity contribution in [2.45, 2.75) is 44.6 Å². The lowest BCUT2D eigenvalue weighted by atomic mass is 9.90. The van der Waals surface area contributed by atoms with Gasteiger partial charge in [-0.15, -0.1) is 0 Å². The fraction of sp³-hybridized carbons (Fsp3) is 0.391. The topological polar surface area (TPSA) is 21.3 Å². The zero-order chi connectivity index (χ0) is 17.5. The van der Waals surface area contributed by atoms with Gasteiger partial charge in [0.15, 0.2) is 0 Å². The number of ether oxygens (including phenoxy) is 1. The summed E-state index contributed by atoms with van der Waals surface area (Å²) in [6.07, 6.45) is 7.26. The first-order valence-electron chi connectivity index (χ1n) is 9.39. The van der Waals surface area contributed by atoms with Crippen LogP contribution in [0.5, 0.6) is 5.75 Å². The molecule has 0 saturated heterocycles. The van der Waals surface area contributed by atoms with Gasteiger partial charge in [0.25, 0.3) is 0 Å². The number of benzene rings is 2. The summed E-state index contributed by atoms with van der Waals surface area (Å²) in [5, 5.41) is 3.74. The second-order valence-electron chi connectivity index (χ2n) is 6.97. The fourth-order valence-electron chi connectivity index (χ4n) is 3.56. The van der Waals surface area contributed by atoms with E-state index >= 15 is 0 Å². The molecule has 0 aromatic heterocycles. The molecule has 2 atom stereocenters. The summed E-state index contributed by atoms with van der Waals surface area (Å²) < 4.78 is 5.26. The van der Waals surface area contributed by atoms with Gasteiger partial charge in [0.2, 0.25) is 0 Å². The third kappa shape index (κ3) is 4.96. The quantitative estimate of drug-likeness (QED) is 0.730. The third-order valence-corrected chi connectivity index (χ3v) is 5.18. The molecule has 0 heterocycles. The highest BCUT2D eigenvalue weighted by Crippen LogP contribution is 2.28. The van der Waals surface area contributed by atoms with Crippen LogP contribution in [-0.2, 0) is 0 Å². The normalized spacial score (nSPS) is 18.5. The van der Waals surface area contributed by atoms with Gasteiger partial charge in [-0.1, -0.05) is 55.5 Å². The van der Waals surface area contributed by atoms with Gasteiger partial charge < -0.3 is 10.1 Å². The number of hydrogen-bond donors (Lipinski definition) is 1. The largest absolute Gasteiger partial charge is 0.497 e. The number of nitrogens with one attached hydrogen (secondary N) is 1. The van der Waals surface area contributed by atoms with Crippen molar-refractivity contribution in [1.29, 1.82) is 0 Å². The number of hydrogen-bond acceptors (Lipinski definition) is 2. The molecule has 0 radical (unpaired) electrons. The second-order valence-corrected chi connectivity index (χ2v) is 6.97. The molecule has 3 rings (SSSR count). The highest BCUT2D eigenvalue weighted by Gasteiger charge is 2.15. The smallest absolute Gasteiger partial charge is 0.118 e. The first kappa shape index (κ1) is 17.8. The summed E-state index contributed by atoms with van der Waals surface area (Å²) in [7, 11) is 1.71. The third-order valence-electron chi connectivity index (χ3n) is 5.18. The van der Waals surface area contributed by atoms with E-state index in [1.807, 2.05) is 0 Å². The molecule has 2 unspecified atom stereocenters. The molecule has 2 aromatic carbocycles. The predicted octanol–water partition coefficient (Wildman–Crippen LogP) is 5.41. The van der Waals surface area contributed by atoms with E-state index in [4.69, 9.17) is 4.74 Å². The van der Waals surface area contributed by atoms with Crippen LogP contribution < -0.4 is 10.1 Å². The van der Waals surface area contributed by atoms with E-state index in [-0.39, 0.29) is 0 Å². The lowest BCUT2D eigenvalue weighted by Crippen LogP contribution is -2.30. The number of methoxy groups -OCH3 is 1. The van der Waals surface area contributed by atoms with Crippen molar-refractivity contribution in [3.8, 4) is 5.75 Å². The van der Waals surface area contributed by atoms with Crippen LogP contribution in [0.15, 0.2) is 60.7 Å². The number of allylic oxidation sites excluding steroid dienone is 1. The van der Waals surface area contributed by atoms with E-state index in [2.05, 4.69) is 72.9 Å². The van der Waals surface area contributed by atoms with Gasteiger partial charge in [-0.3, -0.25) is 0 Å². The van der Waals surface area contributed by atoms with Crippen LogP contribution in [-0.4, -0.2) is 19.7 Å². The summed E-state index contributed by atoms with van der Waals surface area (Å²) in [5.41, 5.74) is 4.22. The van der Waals surface area contributed by atoms with Crippen LogP contribution in [0.4, 0.5) is 0 Å². The van der Waals surface area contributed by atoms with Crippen LogP contribution in [0.3, 0.4) is 0 Å². The Morgan fingerprint density at radius 2 is 1.84 bits per heavy atom. The Morgan fingerprint density at radius 3 is 2.56 bits per heavy atom. The Balaban J connectivity index is 1.53. The minimum absolute atomic E-state index is 0.494. The Kier molecular flexibility index (Phi) is 6.30. The SMILES string of the molecule is COc1ccc(C2=CC(NCCC(C)c3ccccc3)CCC2)cc1. The molecule has 2 heteroatoms. The van der Waals surface area contributed by atoms with Crippen molar-refractivity contribution in [3.63, 3.8) is 0 Å². The average molecular weight is 335 g/mol. The van der Waals surface area contributed by atoms with Gasteiger partial charge in [0, 0.05) is 6.04 Å². The van der Waals surface area contributed by atoms with Gasteiger partial charge in [0.1, 0.15) is 5.75 Å². The average Bonchev–Trinajstić information content (AvgIpc) is 2.69. The summed E-state index contributed by atoms with van der Waals surface area (Å²) in [5.74, 6) is 1.52. The van der Waals surface area contributed by atoms with E-state index in [0.717, 1.165) is 12.3 Å². The number of rotatable bonds is 7. The zero-order valence-electron chi connectivity index (χ0n) is 15.4. The molecule has 0 amide bonds. The van der Waals surface area contributed by atoms with E-state index in [1.165, 1.54) is 42.4 Å². The van der Waals surface area contributed by atoms with Gasteiger partial charge in [-0.05, 0) is 67.0 Å². The molecule has 1 aliphatic carbocycles. The molecule has 132 valence electrons. The van der Waals surface area contributed by atoms with Gasteiger partial charge in [-0.25, -0.2) is 0 Å². The monoisotopic (exact) mass is 335 g/mol. The first-order chi connectivity index (χ1) is 12.3. The molecule has 0 spiro atoms. The van der Waals surface area contributed by atoms with Gasteiger partial charge in [-0.2, -0.15) is 0 Å². The molecular weight excluding hydrogens is 306 g/mol. The van der Waals surface area contributed by atoms with E-state index in [1.54, 1.807) is 7.11 Å². The summed E-state index contributed by atoms with van der Waals surface area (Å²) in [4.78, 5) is 0. The fourth-order valence-corrected chi connectivity index (χ4v) is 3.56. The molecule has 2 aromatic rings. The highest BCUT2D eigenvalue weighted by atomic mass is 16.5. The zero-order valence-corrected chi connectivity index (χ0v) is 15.4. The van der Waals surface area contributed by atoms with E-state index in [0.29, 0.717) is 12.0 Å². The molecule has 1 aliphatic rings. The maximum absolute atomic E-state index is 5.26. The van der Waals surface area contributed by atoms with Gasteiger partial charge >= 0.3 is 0 Å². The molecule has 0 bridgehead atoms. The maximum Gasteiger partial charge on any atom is 0.118 e. The van der Waals surface area contributed by atoms with Crippen molar-refractivity contribution in [2.75, 3.05) is 13.7 Å². The Morgan fingerprint density at radius 1 is 1.08 bits per heavy atom. The van der Waals surface area contributed by atoms with Crippen LogP contribution in [0.25, 0.3) is 5.57 Å². The molecule has 0 aliphatic heterocycles. The summed E-state index contributed by atoms with van der Waals surface area (Å²) >= 11 is 0. The van der Waals surface area contributed by atoms with Crippen molar-refractivity contribution >= 4 is 5.57 Å². The molecule has 1 N–H and O–H groups in total. The lowest BCUT2D eigenvalue weighted by Gasteiger charge is -2.23. The molecule has 2 nitrogen and oxygen atoms in total. The molecule has 0 fully saturated rings. The van der Waals surface area contributed by atoms with Crippen LogP contribution in [0, 0.1) is 0 Å². The van der Waals surface area contributed by atoms with Crippen LogP contribution in [0.2, 0.25) is 0 Å². The Hall–Kier alpha value is -2.06. The molecule has 0 saturated carbocycles. The second kappa shape index (κ2) is 8.87. The van der Waals surface area contributed by atoms with Crippen molar-refractivity contribution in [1.82, 2.24) is 5.32 Å². The van der Waals surface area contributed by atoms with Crippen LogP contribution in [0.1, 0.15) is 49.7 Å². The van der Waals surface area contributed by atoms with Crippen LogP contribution >= 0.6 is 0 Å². The molecule has 25 heavy (non-hydrogen) atoms. The molecular formula is C23H29NO. The van der Waals surface area contributed by atoms with Gasteiger partial charge in [0.05, 0.1) is 7.11 Å². The first-order valence-corrected chi connectivity index (χ1v) is 9.39. The lowest BCUT2D eigenvalue weighted by molar-refractivity contribution is 0.415. The maximum atomic E-state index is 5.26. The Bertz CT molecular complexity index is 675. The standard InChI is InChI=1S/C23H29NO/c1-18(19-7-4-3-5-8-19)15-16-24-22-10-6-9-21(17-22)20-11-13-23(25-2)14-12-20/h3-5,7-8,11-14,17-18,22,24H,6,9-10,15-16H2,1-2H3. The van der Waals surface area contributed by atoms with E-state index in [9.17, 15) is 0 Å². The summed E-state index contributed by atoms with van der Waals surface area (Å²) in [6.45, 7) is 3.38. The predicted molar refractivity (Wildman–Crippen MR) is 106 cm³/mol. The van der Waals surface area contributed by atoms with E-state index < -0.39 is 0 Å².